The van der Waals surface area contributed by atoms with Crippen molar-refractivity contribution >= 4 is 27.8 Å². The van der Waals surface area contributed by atoms with Gasteiger partial charge in [-0.15, -0.1) is 0 Å². The largest absolute Gasteiger partial charge is 0.497 e. The van der Waals surface area contributed by atoms with Gasteiger partial charge in [0.25, 0.3) is 5.56 Å². The molecule has 1 amide bonds. The molecule has 0 saturated carbocycles. The van der Waals surface area contributed by atoms with Crippen LogP contribution in [0.3, 0.4) is 0 Å². The van der Waals surface area contributed by atoms with E-state index in [1.807, 2.05) is 24.4 Å². The monoisotopic (exact) mass is 458 g/mol. The number of aromatic nitrogens is 3. The average Bonchev–Trinajstić information content (AvgIpc) is 3.19. The van der Waals surface area contributed by atoms with E-state index in [0.29, 0.717) is 12.2 Å². The van der Waals surface area contributed by atoms with Gasteiger partial charge in [0, 0.05) is 23.6 Å². The summed E-state index contributed by atoms with van der Waals surface area (Å²) in [5, 5.41) is 3.66. The lowest BCUT2D eigenvalue weighted by Gasteiger charge is -2.19. The van der Waals surface area contributed by atoms with E-state index >= 15 is 0 Å². The highest BCUT2D eigenvalue weighted by Gasteiger charge is 2.38. The third-order valence-corrected chi connectivity index (χ3v) is 5.50. The first kappa shape index (κ1) is 22.4. The molecule has 0 fully saturated rings. The van der Waals surface area contributed by atoms with Crippen LogP contribution in [0, 0.1) is 0 Å². The predicted molar refractivity (Wildman–Crippen MR) is 117 cm³/mol. The number of alkyl halides is 3. The Hall–Kier alpha value is -3.82. The van der Waals surface area contributed by atoms with E-state index in [1.165, 1.54) is 25.1 Å². The minimum atomic E-state index is -4.94. The topological polar surface area (TPSA) is 89.0 Å². The van der Waals surface area contributed by atoms with Crippen LogP contribution in [-0.4, -0.2) is 34.1 Å². The van der Waals surface area contributed by atoms with Gasteiger partial charge in [-0.1, -0.05) is 12.1 Å². The maximum atomic E-state index is 13.4. The number of fused-ring (bicyclic) bond motifs is 2. The van der Waals surface area contributed by atoms with Gasteiger partial charge in [-0.05, 0) is 49.2 Å². The number of halogens is 3. The number of rotatable bonds is 6. The SMILES string of the molecule is COc1ccc2[nH]cc(CCNC(=O)[C@H](C)n3c(=O)c(C(F)(F)F)nc4ccccc43)c2c1. The predicted octanol–water partition coefficient (Wildman–Crippen LogP) is 3.83. The molecule has 0 bridgehead atoms. The number of ether oxygens (including phenoxy) is 1. The third kappa shape index (κ3) is 4.28. The lowest BCUT2D eigenvalue weighted by atomic mass is 10.1. The molecule has 172 valence electrons. The second-order valence-corrected chi connectivity index (χ2v) is 7.56. The quantitative estimate of drug-likeness (QED) is 0.460. The van der Waals surface area contributed by atoms with Gasteiger partial charge in [-0.25, -0.2) is 4.98 Å². The minimum Gasteiger partial charge on any atom is -0.497 e. The standard InChI is InChI=1S/C23H21F3N4O3/c1-13(30-19-6-4-3-5-18(19)29-20(22(30)32)23(24,25)26)21(31)27-10-9-14-12-28-17-8-7-15(33-2)11-16(14)17/h3-8,11-13,28H,9-10H2,1-2H3,(H,27,31)/t13-/m0/s1. The van der Waals surface area contributed by atoms with Crippen molar-refractivity contribution < 1.29 is 22.7 Å². The van der Waals surface area contributed by atoms with Gasteiger partial charge in [0.2, 0.25) is 11.6 Å². The molecule has 33 heavy (non-hydrogen) atoms. The fraction of sp³-hybridized carbons (Fsp3) is 0.261. The van der Waals surface area contributed by atoms with Crippen molar-refractivity contribution in [1.82, 2.24) is 19.9 Å². The summed E-state index contributed by atoms with van der Waals surface area (Å²) in [6.45, 7) is 1.62. The van der Waals surface area contributed by atoms with Crippen LogP contribution in [0.1, 0.15) is 24.2 Å². The van der Waals surface area contributed by atoms with Crippen molar-refractivity contribution in [2.24, 2.45) is 0 Å². The Kier molecular flexibility index (Phi) is 5.84. The molecule has 0 radical (unpaired) electrons. The number of nitrogens with one attached hydrogen (secondary N) is 2. The zero-order chi connectivity index (χ0) is 23.8. The van der Waals surface area contributed by atoms with E-state index in [2.05, 4.69) is 15.3 Å². The van der Waals surface area contributed by atoms with Gasteiger partial charge in [0.1, 0.15) is 11.8 Å². The van der Waals surface area contributed by atoms with E-state index in [1.54, 1.807) is 13.2 Å². The number of para-hydroxylation sites is 2. The van der Waals surface area contributed by atoms with E-state index in [4.69, 9.17) is 4.74 Å². The molecule has 0 aliphatic heterocycles. The van der Waals surface area contributed by atoms with E-state index in [0.717, 1.165) is 21.0 Å². The van der Waals surface area contributed by atoms with Gasteiger partial charge in [-0.2, -0.15) is 13.2 Å². The van der Waals surface area contributed by atoms with Crippen molar-refractivity contribution in [3.05, 3.63) is 70.3 Å². The van der Waals surface area contributed by atoms with Crippen LogP contribution in [0.15, 0.2) is 53.5 Å². The average molecular weight is 458 g/mol. The molecule has 2 aromatic carbocycles. The van der Waals surface area contributed by atoms with Crippen LogP contribution in [0.4, 0.5) is 13.2 Å². The van der Waals surface area contributed by atoms with Crippen LogP contribution in [0.5, 0.6) is 5.75 Å². The number of aromatic amines is 1. The summed E-state index contributed by atoms with van der Waals surface area (Å²) < 4.78 is 46.2. The van der Waals surface area contributed by atoms with Crippen molar-refractivity contribution in [2.75, 3.05) is 13.7 Å². The summed E-state index contributed by atoms with van der Waals surface area (Å²) in [5.41, 5.74) is -0.900. The van der Waals surface area contributed by atoms with E-state index < -0.39 is 29.4 Å². The van der Waals surface area contributed by atoms with Gasteiger partial charge in [0.15, 0.2) is 0 Å². The molecule has 2 N–H and O–H groups in total. The summed E-state index contributed by atoms with van der Waals surface area (Å²) in [7, 11) is 1.57. The van der Waals surface area contributed by atoms with Crippen molar-refractivity contribution in [3.63, 3.8) is 0 Å². The second kappa shape index (κ2) is 8.61. The molecule has 1 atom stereocenters. The molecule has 7 nitrogen and oxygen atoms in total. The molecule has 2 heterocycles. The van der Waals surface area contributed by atoms with E-state index in [9.17, 15) is 22.8 Å². The molecule has 10 heteroatoms. The molecular formula is C23H21F3N4O3. The van der Waals surface area contributed by atoms with Crippen molar-refractivity contribution in [3.8, 4) is 5.75 Å². The van der Waals surface area contributed by atoms with Gasteiger partial charge >= 0.3 is 6.18 Å². The Bertz CT molecular complexity index is 1390. The number of carbonyl (C=O) groups is 1. The first-order chi connectivity index (χ1) is 15.7. The van der Waals surface area contributed by atoms with Crippen LogP contribution in [0.2, 0.25) is 0 Å². The zero-order valence-corrected chi connectivity index (χ0v) is 17.9. The summed E-state index contributed by atoms with van der Waals surface area (Å²) in [5.74, 6) is 0.129. The molecule has 4 aromatic rings. The number of methoxy groups -OCH3 is 1. The summed E-state index contributed by atoms with van der Waals surface area (Å²) >= 11 is 0. The second-order valence-electron chi connectivity index (χ2n) is 7.56. The van der Waals surface area contributed by atoms with E-state index in [-0.39, 0.29) is 17.6 Å². The molecule has 2 aromatic heterocycles. The normalized spacial score (nSPS) is 12.8. The summed E-state index contributed by atoms with van der Waals surface area (Å²) in [6.07, 6.45) is -2.63. The maximum absolute atomic E-state index is 13.4. The molecular weight excluding hydrogens is 437 g/mol. The first-order valence-electron chi connectivity index (χ1n) is 10.2. The minimum absolute atomic E-state index is 0.0168. The third-order valence-electron chi connectivity index (χ3n) is 5.50. The van der Waals surface area contributed by atoms with Crippen LogP contribution in [0.25, 0.3) is 21.9 Å². The fourth-order valence-corrected chi connectivity index (χ4v) is 3.80. The molecule has 0 saturated heterocycles. The Morgan fingerprint density at radius 2 is 2.00 bits per heavy atom. The molecule has 0 unspecified atom stereocenters. The first-order valence-corrected chi connectivity index (χ1v) is 10.2. The van der Waals surface area contributed by atoms with Gasteiger partial charge < -0.3 is 15.0 Å². The Balaban J connectivity index is 1.57. The lowest BCUT2D eigenvalue weighted by molar-refractivity contribution is -0.142. The summed E-state index contributed by atoms with van der Waals surface area (Å²) in [6, 6.07) is 10.4. The molecule has 4 rings (SSSR count). The molecule has 0 aliphatic rings. The zero-order valence-electron chi connectivity index (χ0n) is 17.9. The highest BCUT2D eigenvalue weighted by Crippen LogP contribution is 2.27. The number of H-pyrrole nitrogens is 1. The van der Waals surface area contributed by atoms with Gasteiger partial charge in [-0.3, -0.25) is 14.2 Å². The highest BCUT2D eigenvalue weighted by atomic mass is 19.4. The van der Waals surface area contributed by atoms with Crippen molar-refractivity contribution in [2.45, 2.75) is 25.6 Å². The number of benzene rings is 2. The number of nitrogens with zero attached hydrogens (tertiary/aromatic N) is 2. The fourth-order valence-electron chi connectivity index (χ4n) is 3.80. The molecule has 0 spiro atoms. The Morgan fingerprint density at radius 3 is 2.73 bits per heavy atom. The smallest absolute Gasteiger partial charge is 0.438 e. The Morgan fingerprint density at radius 1 is 1.24 bits per heavy atom. The Labute approximate surface area is 186 Å². The number of hydrogen-bond acceptors (Lipinski definition) is 4. The van der Waals surface area contributed by atoms with Crippen LogP contribution in [-0.2, 0) is 17.4 Å². The lowest BCUT2D eigenvalue weighted by Crippen LogP contribution is -2.39. The molecule has 0 aliphatic carbocycles. The van der Waals surface area contributed by atoms with Crippen LogP contribution < -0.4 is 15.6 Å². The van der Waals surface area contributed by atoms with Gasteiger partial charge in [0.05, 0.1) is 18.1 Å². The van der Waals surface area contributed by atoms with Crippen molar-refractivity contribution in [1.29, 1.82) is 0 Å². The summed E-state index contributed by atoms with van der Waals surface area (Å²) in [4.78, 5) is 32.1. The number of hydrogen-bond donors (Lipinski definition) is 2. The number of amides is 1. The number of carbonyl (C=O) groups excluding carboxylic acids is 1. The maximum Gasteiger partial charge on any atom is 0.438 e. The van der Waals surface area contributed by atoms with Crippen LogP contribution >= 0.6 is 0 Å². The highest BCUT2D eigenvalue weighted by molar-refractivity contribution is 5.85.